The summed E-state index contributed by atoms with van der Waals surface area (Å²) in [4.78, 5) is 36.0. The lowest BCUT2D eigenvalue weighted by atomic mass is 10.3. The molecule has 1 aromatic rings. The van der Waals surface area contributed by atoms with Crippen molar-refractivity contribution in [3.8, 4) is 0 Å². The number of nitrogens with one attached hydrogen (secondary N) is 1. The fraction of sp³-hybridized carbons (Fsp3) is 0.500. The van der Waals surface area contributed by atoms with Crippen molar-refractivity contribution >= 4 is 29.1 Å². The van der Waals surface area contributed by atoms with Crippen LogP contribution in [0.15, 0.2) is 16.8 Å². The number of amides is 2. The smallest absolute Gasteiger partial charge is 0.305 e. The number of rotatable bonds is 8. The zero-order valence-corrected chi connectivity index (χ0v) is 12.4. The van der Waals surface area contributed by atoms with Crippen molar-refractivity contribution in [3.05, 3.63) is 22.4 Å². The predicted molar refractivity (Wildman–Crippen MR) is 78.3 cm³/mol. The maximum atomic E-state index is 12.1. The van der Waals surface area contributed by atoms with Gasteiger partial charge in [-0.15, -0.1) is 0 Å². The van der Waals surface area contributed by atoms with Gasteiger partial charge in [0.15, 0.2) is 0 Å². The van der Waals surface area contributed by atoms with Gasteiger partial charge in [0.1, 0.15) is 0 Å². The lowest BCUT2D eigenvalue weighted by Gasteiger charge is -2.21. The lowest BCUT2D eigenvalue weighted by molar-refractivity contribution is -0.138. The summed E-state index contributed by atoms with van der Waals surface area (Å²) < 4.78 is 0. The van der Waals surface area contributed by atoms with Gasteiger partial charge in [0, 0.05) is 36.5 Å². The molecule has 0 bridgehead atoms. The van der Waals surface area contributed by atoms with Gasteiger partial charge in [-0.3, -0.25) is 14.4 Å². The van der Waals surface area contributed by atoms with Gasteiger partial charge in [-0.25, -0.2) is 0 Å². The number of carbonyl (C=O) groups excluding carboxylic acids is 2. The molecule has 6 nitrogen and oxygen atoms in total. The van der Waals surface area contributed by atoms with E-state index in [-0.39, 0.29) is 43.8 Å². The SMILES string of the molecule is O=C(O)CCN(C(=O)CCNC(=O)c1ccsc1)C1CC1. The van der Waals surface area contributed by atoms with Gasteiger partial charge in [-0.05, 0) is 24.3 Å². The first-order valence-corrected chi connectivity index (χ1v) is 7.84. The fourth-order valence-electron chi connectivity index (χ4n) is 2.04. The molecule has 0 unspecified atom stereocenters. The van der Waals surface area contributed by atoms with E-state index in [0.29, 0.717) is 5.56 Å². The summed E-state index contributed by atoms with van der Waals surface area (Å²) in [6, 6.07) is 1.91. The Kier molecular flexibility index (Phi) is 5.32. The van der Waals surface area contributed by atoms with Crippen LogP contribution in [0, 0.1) is 0 Å². The molecule has 1 aliphatic rings. The van der Waals surface area contributed by atoms with Gasteiger partial charge >= 0.3 is 5.97 Å². The minimum absolute atomic E-state index is 0.0382. The maximum absolute atomic E-state index is 12.1. The highest BCUT2D eigenvalue weighted by Crippen LogP contribution is 2.27. The first-order chi connectivity index (χ1) is 10.1. The molecule has 2 N–H and O–H groups in total. The highest BCUT2D eigenvalue weighted by Gasteiger charge is 2.32. The average molecular weight is 310 g/mol. The first-order valence-electron chi connectivity index (χ1n) is 6.89. The van der Waals surface area contributed by atoms with Crippen LogP contribution < -0.4 is 5.32 Å². The molecule has 2 amide bonds. The van der Waals surface area contributed by atoms with Gasteiger partial charge in [0.2, 0.25) is 5.91 Å². The Hall–Kier alpha value is -1.89. The predicted octanol–water partition coefficient (Wildman–Crippen LogP) is 1.33. The zero-order chi connectivity index (χ0) is 15.2. The van der Waals surface area contributed by atoms with Gasteiger partial charge in [0.25, 0.3) is 5.91 Å². The van der Waals surface area contributed by atoms with Crippen molar-refractivity contribution < 1.29 is 19.5 Å². The van der Waals surface area contributed by atoms with E-state index >= 15 is 0 Å². The van der Waals surface area contributed by atoms with Gasteiger partial charge in [-0.1, -0.05) is 0 Å². The van der Waals surface area contributed by atoms with E-state index in [1.165, 1.54) is 11.3 Å². The molecule has 1 fully saturated rings. The average Bonchev–Trinajstić information content (AvgIpc) is 3.11. The molecule has 2 rings (SSSR count). The molecule has 1 saturated carbocycles. The van der Waals surface area contributed by atoms with E-state index in [1.807, 2.05) is 5.38 Å². The molecule has 0 radical (unpaired) electrons. The third-order valence-electron chi connectivity index (χ3n) is 3.28. The van der Waals surface area contributed by atoms with Crippen molar-refractivity contribution in [1.82, 2.24) is 10.2 Å². The maximum Gasteiger partial charge on any atom is 0.305 e. The summed E-state index contributed by atoms with van der Waals surface area (Å²) in [5, 5.41) is 15.0. The molecule has 114 valence electrons. The van der Waals surface area contributed by atoms with E-state index in [9.17, 15) is 14.4 Å². The molecule has 1 heterocycles. The van der Waals surface area contributed by atoms with Crippen LogP contribution in [-0.2, 0) is 9.59 Å². The van der Waals surface area contributed by atoms with Crippen molar-refractivity contribution in [3.63, 3.8) is 0 Å². The fourth-order valence-corrected chi connectivity index (χ4v) is 2.67. The Balaban J connectivity index is 1.74. The van der Waals surface area contributed by atoms with Crippen LogP contribution in [0.25, 0.3) is 0 Å². The molecule has 0 atom stereocenters. The topological polar surface area (TPSA) is 86.7 Å². The Bertz CT molecular complexity index is 511. The normalized spacial score (nSPS) is 13.7. The number of hydrogen-bond donors (Lipinski definition) is 2. The number of carboxylic acids is 1. The van der Waals surface area contributed by atoms with Crippen LogP contribution in [0.5, 0.6) is 0 Å². The highest BCUT2D eigenvalue weighted by atomic mass is 32.1. The van der Waals surface area contributed by atoms with E-state index in [1.54, 1.807) is 16.3 Å². The van der Waals surface area contributed by atoms with Crippen LogP contribution in [0.1, 0.15) is 36.0 Å². The quantitative estimate of drug-likeness (QED) is 0.758. The molecule has 0 aromatic carbocycles. The van der Waals surface area contributed by atoms with Crippen LogP contribution in [0.4, 0.5) is 0 Å². The van der Waals surface area contributed by atoms with Crippen molar-refractivity contribution in [2.24, 2.45) is 0 Å². The Labute approximate surface area is 126 Å². The van der Waals surface area contributed by atoms with Crippen LogP contribution in [-0.4, -0.2) is 46.9 Å². The van der Waals surface area contributed by atoms with E-state index in [0.717, 1.165) is 12.8 Å². The molecule has 1 aromatic heterocycles. The second-order valence-electron chi connectivity index (χ2n) is 4.98. The summed E-state index contributed by atoms with van der Waals surface area (Å²) in [5.74, 6) is -1.18. The van der Waals surface area contributed by atoms with E-state index in [2.05, 4.69) is 5.32 Å². The summed E-state index contributed by atoms with van der Waals surface area (Å²) in [6.45, 7) is 0.515. The van der Waals surface area contributed by atoms with Crippen LogP contribution in [0.2, 0.25) is 0 Å². The van der Waals surface area contributed by atoms with Crippen LogP contribution in [0.3, 0.4) is 0 Å². The monoisotopic (exact) mass is 310 g/mol. The Morgan fingerprint density at radius 3 is 2.67 bits per heavy atom. The summed E-state index contributed by atoms with van der Waals surface area (Å²) >= 11 is 1.44. The van der Waals surface area contributed by atoms with Crippen molar-refractivity contribution in [2.75, 3.05) is 13.1 Å². The highest BCUT2D eigenvalue weighted by molar-refractivity contribution is 7.08. The second kappa shape index (κ2) is 7.21. The number of hydrogen-bond acceptors (Lipinski definition) is 4. The van der Waals surface area contributed by atoms with Gasteiger partial charge in [-0.2, -0.15) is 11.3 Å². The molecule has 21 heavy (non-hydrogen) atoms. The summed E-state index contributed by atoms with van der Waals surface area (Å²) in [5.41, 5.74) is 0.595. The molecule has 7 heteroatoms. The van der Waals surface area contributed by atoms with Gasteiger partial charge < -0.3 is 15.3 Å². The van der Waals surface area contributed by atoms with E-state index < -0.39 is 5.97 Å². The second-order valence-corrected chi connectivity index (χ2v) is 5.76. The number of aliphatic carboxylic acids is 1. The largest absolute Gasteiger partial charge is 0.481 e. The molecule has 1 aliphatic carbocycles. The van der Waals surface area contributed by atoms with Gasteiger partial charge in [0.05, 0.1) is 6.42 Å². The molecular weight excluding hydrogens is 292 g/mol. The van der Waals surface area contributed by atoms with Crippen LogP contribution >= 0.6 is 11.3 Å². The number of carbonyl (C=O) groups is 3. The minimum atomic E-state index is -0.904. The van der Waals surface area contributed by atoms with Crippen molar-refractivity contribution in [2.45, 2.75) is 31.7 Å². The number of nitrogens with zero attached hydrogens (tertiary/aromatic N) is 1. The third-order valence-corrected chi connectivity index (χ3v) is 3.97. The summed E-state index contributed by atoms with van der Waals surface area (Å²) in [6.07, 6.45) is 2.04. The first kappa shape index (κ1) is 15.5. The standard InChI is InChI=1S/C14H18N2O4S/c17-12(16(11-1-2-11)7-4-13(18)19)3-6-15-14(20)10-5-8-21-9-10/h5,8-9,11H,1-4,6-7H2,(H,15,20)(H,18,19). The minimum Gasteiger partial charge on any atom is -0.481 e. The van der Waals surface area contributed by atoms with Crippen molar-refractivity contribution in [1.29, 1.82) is 0 Å². The summed E-state index contributed by atoms with van der Waals surface area (Å²) in [7, 11) is 0. The Morgan fingerprint density at radius 2 is 2.10 bits per heavy atom. The number of carboxylic acid groups (broad SMARTS) is 1. The molecule has 0 saturated heterocycles. The molecule has 0 aliphatic heterocycles. The lowest BCUT2D eigenvalue weighted by Crippen LogP contribution is -2.37. The zero-order valence-electron chi connectivity index (χ0n) is 11.6. The molecule has 0 spiro atoms. The Morgan fingerprint density at radius 1 is 1.33 bits per heavy atom. The third kappa shape index (κ3) is 4.86. The van der Waals surface area contributed by atoms with E-state index in [4.69, 9.17) is 5.11 Å². The molecular formula is C14H18N2O4S. The number of thiophene rings is 1.